The van der Waals surface area contributed by atoms with E-state index in [1.165, 1.54) is 0 Å². The first-order chi connectivity index (χ1) is 9.52. The van der Waals surface area contributed by atoms with E-state index < -0.39 is 0 Å². The van der Waals surface area contributed by atoms with Gasteiger partial charge in [0.1, 0.15) is 5.75 Å². The molecule has 0 atom stereocenters. The molecule has 0 bridgehead atoms. The van der Waals surface area contributed by atoms with Crippen LogP contribution >= 0.6 is 0 Å². The Morgan fingerprint density at radius 2 is 2.10 bits per heavy atom. The quantitative estimate of drug-likeness (QED) is 0.895. The number of nitrogens with two attached hydrogens (primary N) is 1. The first kappa shape index (κ1) is 14.9. The third-order valence-corrected chi connectivity index (χ3v) is 4.27. The van der Waals surface area contributed by atoms with Crippen molar-refractivity contribution in [1.29, 1.82) is 0 Å². The minimum absolute atomic E-state index is 0.156. The average Bonchev–Trinajstić information content (AvgIpc) is 2.43. The lowest BCUT2D eigenvalue weighted by Gasteiger charge is -2.46. The lowest BCUT2D eigenvalue weighted by atomic mass is 9.62. The van der Waals surface area contributed by atoms with Crippen LogP contribution in [0.2, 0.25) is 0 Å². The summed E-state index contributed by atoms with van der Waals surface area (Å²) < 4.78 is 5.33. The summed E-state index contributed by atoms with van der Waals surface area (Å²) in [4.78, 5) is 14.4. The molecule has 1 aliphatic rings. The fraction of sp³-hybridized carbons (Fsp3) is 0.562. The number of benzene rings is 1. The number of carbonyl (C=O) groups excluding carboxylic acids is 1. The molecule has 1 aromatic carbocycles. The number of hydrogen-bond donors (Lipinski definition) is 1. The van der Waals surface area contributed by atoms with Crippen molar-refractivity contribution in [2.24, 2.45) is 17.1 Å². The number of para-hydroxylation sites is 1. The second kappa shape index (κ2) is 5.83. The number of rotatable bonds is 5. The predicted molar refractivity (Wildman–Crippen MR) is 79.4 cm³/mol. The third kappa shape index (κ3) is 2.66. The highest BCUT2D eigenvalue weighted by Crippen LogP contribution is 2.46. The molecule has 0 saturated heterocycles. The molecule has 4 nitrogen and oxygen atoms in total. The lowest BCUT2D eigenvalue weighted by Crippen LogP contribution is -2.53. The Kier molecular flexibility index (Phi) is 4.33. The number of carbonyl (C=O) groups is 1. The van der Waals surface area contributed by atoms with Crippen molar-refractivity contribution in [2.45, 2.75) is 26.3 Å². The summed E-state index contributed by atoms with van der Waals surface area (Å²) in [5, 5.41) is 0. The van der Waals surface area contributed by atoms with Gasteiger partial charge in [-0.05, 0) is 24.8 Å². The normalized spacial score (nSPS) is 24.9. The van der Waals surface area contributed by atoms with E-state index in [0.29, 0.717) is 19.0 Å². The van der Waals surface area contributed by atoms with Crippen LogP contribution in [0.15, 0.2) is 24.3 Å². The van der Waals surface area contributed by atoms with Crippen LogP contribution in [0, 0.1) is 11.3 Å². The van der Waals surface area contributed by atoms with Gasteiger partial charge in [-0.2, -0.15) is 0 Å². The van der Waals surface area contributed by atoms with Crippen LogP contribution in [-0.2, 0) is 11.3 Å². The van der Waals surface area contributed by atoms with Crippen molar-refractivity contribution >= 4 is 5.91 Å². The third-order valence-electron chi connectivity index (χ3n) is 4.27. The molecule has 2 N–H and O–H groups in total. The lowest BCUT2D eigenvalue weighted by molar-refractivity contribution is -0.148. The van der Waals surface area contributed by atoms with E-state index in [4.69, 9.17) is 10.5 Å². The molecule has 0 radical (unpaired) electrons. The van der Waals surface area contributed by atoms with E-state index in [2.05, 4.69) is 6.92 Å². The maximum absolute atomic E-state index is 12.6. The second-order valence-electron chi connectivity index (χ2n) is 5.97. The molecular weight excluding hydrogens is 252 g/mol. The first-order valence-corrected chi connectivity index (χ1v) is 7.10. The molecule has 1 aromatic rings. The summed E-state index contributed by atoms with van der Waals surface area (Å²) in [6.45, 7) is 3.16. The van der Waals surface area contributed by atoms with Crippen LogP contribution in [0.3, 0.4) is 0 Å². The molecule has 0 spiro atoms. The molecule has 1 saturated carbocycles. The minimum atomic E-state index is -0.337. The molecule has 0 aliphatic heterocycles. The summed E-state index contributed by atoms with van der Waals surface area (Å²) in [5.74, 6) is 1.57. The van der Waals surface area contributed by atoms with Crippen molar-refractivity contribution in [3.8, 4) is 5.75 Å². The monoisotopic (exact) mass is 276 g/mol. The van der Waals surface area contributed by atoms with Crippen LogP contribution < -0.4 is 10.5 Å². The van der Waals surface area contributed by atoms with Gasteiger partial charge in [-0.25, -0.2) is 0 Å². The fourth-order valence-electron chi connectivity index (χ4n) is 3.27. The van der Waals surface area contributed by atoms with E-state index in [1.807, 2.05) is 31.3 Å². The maximum atomic E-state index is 12.6. The predicted octanol–water partition coefficient (Wildman–Crippen LogP) is 2.03. The van der Waals surface area contributed by atoms with Gasteiger partial charge in [0.05, 0.1) is 12.5 Å². The zero-order valence-corrected chi connectivity index (χ0v) is 12.6. The van der Waals surface area contributed by atoms with Gasteiger partial charge in [-0.1, -0.05) is 25.1 Å². The number of nitrogens with zero attached hydrogens (tertiary/aromatic N) is 1. The van der Waals surface area contributed by atoms with Crippen LogP contribution in [0.4, 0.5) is 0 Å². The number of ether oxygens (including phenoxy) is 1. The van der Waals surface area contributed by atoms with Crippen molar-refractivity contribution in [1.82, 2.24) is 4.90 Å². The minimum Gasteiger partial charge on any atom is -0.496 e. The topological polar surface area (TPSA) is 55.6 Å². The summed E-state index contributed by atoms with van der Waals surface area (Å²) in [6, 6.07) is 7.79. The van der Waals surface area contributed by atoms with Gasteiger partial charge in [0, 0.05) is 25.7 Å². The fourth-order valence-corrected chi connectivity index (χ4v) is 3.27. The number of methoxy groups -OCH3 is 1. The molecule has 110 valence electrons. The average molecular weight is 276 g/mol. The van der Waals surface area contributed by atoms with Crippen LogP contribution in [0.1, 0.15) is 25.3 Å². The maximum Gasteiger partial charge on any atom is 0.230 e. The van der Waals surface area contributed by atoms with Gasteiger partial charge in [-0.15, -0.1) is 0 Å². The smallest absolute Gasteiger partial charge is 0.230 e. The zero-order chi connectivity index (χ0) is 14.8. The van der Waals surface area contributed by atoms with E-state index in [-0.39, 0.29) is 11.3 Å². The Morgan fingerprint density at radius 3 is 2.65 bits per heavy atom. The zero-order valence-electron chi connectivity index (χ0n) is 12.6. The molecular formula is C16H24N2O2. The van der Waals surface area contributed by atoms with E-state index in [9.17, 15) is 4.79 Å². The molecule has 20 heavy (non-hydrogen) atoms. The Bertz CT molecular complexity index is 481. The van der Waals surface area contributed by atoms with Crippen molar-refractivity contribution < 1.29 is 9.53 Å². The van der Waals surface area contributed by atoms with Gasteiger partial charge in [0.15, 0.2) is 0 Å². The molecule has 0 unspecified atom stereocenters. The van der Waals surface area contributed by atoms with Crippen molar-refractivity contribution in [3.05, 3.63) is 29.8 Å². The molecule has 0 aromatic heterocycles. The molecule has 1 aliphatic carbocycles. The SMILES string of the molecule is COc1ccccc1CN(C)C(=O)C1(CN)CC(C)C1. The second-order valence-corrected chi connectivity index (χ2v) is 5.97. The summed E-state index contributed by atoms with van der Waals surface area (Å²) >= 11 is 0. The Labute approximate surface area is 120 Å². The highest BCUT2D eigenvalue weighted by atomic mass is 16.5. The molecule has 2 rings (SSSR count). The molecule has 4 heteroatoms. The van der Waals surface area contributed by atoms with Gasteiger partial charge >= 0.3 is 0 Å². The van der Waals surface area contributed by atoms with Crippen LogP contribution in [-0.4, -0.2) is 31.5 Å². The van der Waals surface area contributed by atoms with E-state index in [1.54, 1.807) is 12.0 Å². The molecule has 1 amide bonds. The van der Waals surface area contributed by atoms with Gasteiger partial charge in [0.25, 0.3) is 0 Å². The Hall–Kier alpha value is -1.55. The van der Waals surface area contributed by atoms with Crippen LogP contribution in [0.25, 0.3) is 0 Å². The summed E-state index contributed by atoms with van der Waals surface area (Å²) in [7, 11) is 3.49. The standard InChI is InChI=1S/C16H24N2O2/c1-12-8-16(9-12,11-17)15(19)18(2)10-13-6-4-5-7-14(13)20-3/h4-7,12H,8-11,17H2,1-3H3. The van der Waals surface area contributed by atoms with E-state index >= 15 is 0 Å². The first-order valence-electron chi connectivity index (χ1n) is 7.10. The Balaban J connectivity index is 2.08. The van der Waals surface area contributed by atoms with Gasteiger partial charge in [0.2, 0.25) is 5.91 Å². The van der Waals surface area contributed by atoms with Gasteiger partial charge in [-0.3, -0.25) is 4.79 Å². The van der Waals surface area contributed by atoms with Crippen LogP contribution in [0.5, 0.6) is 5.75 Å². The van der Waals surface area contributed by atoms with Gasteiger partial charge < -0.3 is 15.4 Å². The summed E-state index contributed by atoms with van der Waals surface area (Å²) in [6.07, 6.45) is 1.80. The van der Waals surface area contributed by atoms with E-state index in [0.717, 1.165) is 24.2 Å². The largest absolute Gasteiger partial charge is 0.496 e. The molecule has 1 fully saturated rings. The number of amides is 1. The van der Waals surface area contributed by atoms with Crippen molar-refractivity contribution in [2.75, 3.05) is 20.7 Å². The highest BCUT2D eigenvalue weighted by molar-refractivity contribution is 5.84. The summed E-state index contributed by atoms with van der Waals surface area (Å²) in [5.41, 5.74) is 6.53. The van der Waals surface area contributed by atoms with Crippen molar-refractivity contribution in [3.63, 3.8) is 0 Å². The Morgan fingerprint density at radius 1 is 1.45 bits per heavy atom. The number of hydrogen-bond acceptors (Lipinski definition) is 3. The highest BCUT2D eigenvalue weighted by Gasteiger charge is 2.48. The molecule has 0 heterocycles.